The lowest BCUT2D eigenvalue weighted by Crippen LogP contribution is -2.64. The highest BCUT2D eigenvalue weighted by Crippen LogP contribution is 2.42. The van der Waals surface area contributed by atoms with Gasteiger partial charge in [-0.1, -0.05) is 40.2 Å². The van der Waals surface area contributed by atoms with E-state index in [-0.39, 0.29) is 55.1 Å². The number of nitrogens with zero attached hydrogens (tertiary/aromatic N) is 7. The molecule has 2 N–H and O–H groups in total. The van der Waals surface area contributed by atoms with Crippen LogP contribution in [0.4, 0.5) is 4.79 Å². The van der Waals surface area contributed by atoms with Gasteiger partial charge >= 0.3 is 5.97 Å². The summed E-state index contributed by atoms with van der Waals surface area (Å²) in [6.45, 7) is 23.1. The lowest BCUT2D eigenvalue weighted by Gasteiger charge is -2.41. The van der Waals surface area contributed by atoms with Crippen molar-refractivity contribution < 1.29 is 33.4 Å². The van der Waals surface area contributed by atoms with Crippen LogP contribution in [0.5, 0.6) is 0 Å². The third-order valence-corrected chi connectivity index (χ3v) is 17.8. The second kappa shape index (κ2) is 21.9. The molecule has 4 aliphatic heterocycles. The molecule has 0 saturated carbocycles. The molecule has 0 unspecified atom stereocenters. The highest BCUT2D eigenvalue weighted by Gasteiger charge is 2.43. The molecule has 1 radical (unpaired) electrons. The number of nitrogens with one attached hydrogen (secondary N) is 2. The minimum Gasteiger partial charge on any atom is -0.464 e. The first kappa shape index (κ1) is 53.4. The summed E-state index contributed by atoms with van der Waals surface area (Å²) >= 11 is 1.47. The summed E-state index contributed by atoms with van der Waals surface area (Å²) in [5, 5.41) is 5.20. The number of aryl methyl sites for hydroxylation is 1. The Labute approximate surface area is 435 Å². The van der Waals surface area contributed by atoms with Crippen LogP contribution in [0.15, 0.2) is 59.8 Å². The van der Waals surface area contributed by atoms with Crippen molar-refractivity contribution in [1.29, 1.82) is 0 Å². The number of benzene rings is 1. The number of carbonyl (C=O) groups is 5. The number of fused-ring (bicyclic) bond motifs is 6. The number of likely N-dealkylation sites (tertiary alicyclic amines) is 2. The average Bonchev–Trinajstić information content (AvgIpc) is 4.09. The fourth-order valence-electron chi connectivity index (χ4n) is 10.5. The predicted molar refractivity (Wildman–Crippen MR) is 284 cm³/mol. The number of methoxy groups -OCH3 is 1. The fourth-order valence-corrected chi connectivity index (χ4v) is 13.3. The SMILES string of the molecule is C=C=C1CN(C(=O)C#CC(C)(C)N2CCC2)C[C@H]1C(=O)N(C)[C@H](C(=O)N[Si]1Cc2csc(n2)-c2ccc3c(c2)c(c(-c2cccnc2[C@H](C)OC)n3CC)CC(C)(C)COC(=O)[C@@H]2CCCN(N2)C1=O)C(C)C. The molecule has 387 valence electrons. The van der Waals surface area contributed by atoms with E-state index >= 15 is 0 Å². The van der Waals surface area contributed by atoms with Crippen LogP contribution < -0.4 is 10.4 Å². The van der Waals surface area contributed by atoms with Gasteiger partial charge in [-0.25, -0.2) is 10.4 Å². The number of rotatable bonds is 10. The van der Waals surface area contributed by atoms with Gasteiger partial charge in [0, 0.05) is 97.5 Å². The summed E-state index contributed by atoms with van der Waals surface area (Å²) < 4.78 is 14.3. The normalized spacial score (nSPS) is 20.6. The van der Waals surface area contributed by atoms with E-state index in [0.717, 1.165) is 63.5 Å². The molecule has 16 nitrogen and oxygen atoms in total. The van der Waals surface area contributed by atoms with Gasteiger partial charge in [0.05, 0.1) is 47.8 Å². The van der Waals surface area contributed by atoms with Crippen molar-refractivity contribution in [3.63, 3.8) is 0 Å². The number of ether oxygens (including phenoxy) is 2. The zero-order chi connectivity index (χ0) is 52.5. The minimum absolute atomic E-state index is 0.0749. The zero-order valence-electron chi connectivity index (χ0n) is 44.0. The molecule has 4 aliphatic rings. The number of likely N-dealkylation sites (N-methyl/N-ethyl adjacent to an activating group) is 1. The largest absolute Gasteiger partial charge is 0.464 e. The lowest BCUT2D eigenvalue weighted by atomic mass is 9.84. The molecule has 18 heteroatoms. The van der Waals surface area contributed by atoms with Crippen molar-refractivity contribution in [1.82, 2.24) is 44.7 Å². The second-order valence-electron chi connectivity index (χ2n) is 21.4. The van der Waals surface area contributed by atoms with Crippen LogP contribution in [0.3, 0.4) is 0 Å². The van der Waals surface area contributed by atoms with Crippen molar-refractivity contribution >= 4 is 60.4 Å². The maximum absolute atomic E-state index is 14.8. The third kappa shape index (κ3) is 11.1. The summed E-state index contributed by atoms with van der Waals surface area (Å²) in [4.78, 5) is 89.8. The van der Waals surface area contributed by atoms with Gasteiger partial charge in [-0.15, -0.1) is 17.1 Å². The zero-order valence-corrected chi connectivity index (χ0v) is 45.8. The maximum atomic E-state index is 14.8. The molecule has 4 atom stereocenters. The van der Waals surface area contributed by atoms with E-state index in [9.17, 15) is 24.0 Å². The Morgan fingerprint density at radius 2 is 1.90 bits per heavy atom. The number of esters is 1. The van der Waals surface area contributed by atoms with Crippen LogP contribution in [0, 0.1) is 29.1 Å². The Morgan fingerprint density at radius 1 is 1.14 bits per heavy atom. The number of hydrogen-bond donors (Lipinski definition) is 2. The summed E-state index contributed by atoms with van der Waals surface area (Å²) in [5.41, 5.74) is 11.8. The van der Waals surface area contributed by atoms with E-state index < -0.39 is 49.8 Å². The number of carbonyl (C=O) groups excluding carboxylic acids is 5. The van der Waals surface area contributed by atoms with Gasteiger partial charge in [-0.3, -0.25) is 38.9 Å². The molecule has 8 rings (SSSR count). The summed E-state index contributed by atoms with van der Waals surface area (Å²) in [5.74, 6) is 3.11. The topological polar surface area (TPSA) is 172 Å². The minimum atomic E-state index is -2.55. The van der Waals surface area contributed by atoms with Crippen LogP contribution >= 0.6 is 11.3 Å². The van der Waals surface area contributed by atoms with Gasteiger partial charge in [-0.2, -0.15) is 0 Å². The van der Waals surface area contributed by atoms with Crippen molar-refractivity contribution in [2.45, 2.75) is 117 Å². The van der Waals surface area contributed by atoms with Gasteiger partial charge < -0.3 is 28.8 Å². The van der Waals surface area contributed by atoms with E-state index in [2.05, 4.69) is 89.1 Å². The van der Waals surface area contributed by atoms with Gasteiger partial charge in [0.25, 0.3) is 14.9 Å². The van der Waals surface area contributed by atoms with E-state index in [1.807, 2.05) is 46.1 Å². The Bertz CT molecular complexity index is 2910. The molecule has 3 aromatic heterocycles. The van der Waals surface area contributed by atoms with Crippen LogP contribution in [0.25, 0.3) is 32.7 Å². The number of hydrazine groups is 1. The van der Waals surface area contributed by atoms with Crippen LogP contribution in [-0.2, 0) is 47.7 Å². The number of thiazole rings is 1. The second-order valence-corrected chi connectivity index (χ2v) is 24.2. The molecule has 3 fully saturated rings. The Balaban J connectivity index is 1.11. The number of aromatic nitrogens is 3. The highest BCUT2D eigenvalue weighted by molar-refractivity contribution is 7.13. The highest BCUT2D eigenvalue weighted by atomic mass is 32.1. The molecule has 4 amide bonds. The summed E-state index contributed by atoms with van der Waals surface area (Å²) in [6.07, 6.45) is 4.19. The molecule has 7 heterocycles. The first-order valence-corrected chi connectivity index (χ1v) is 28.1. The standard InChI is InChI=1S/C55H70N9O7SSi/c1-12-36-29-61(45(65)21-22-55(8,9)62-24-16-25-62)30-42(36)51(67)60(10)47(34(3)4)49(66)59-73-32-38-31-72-50(57-38)37-19-20-44-40(27-37)41(48(63(44)13-2)39-17-14-23-56-46(39)35(5)70-11)28-54(6,7)33-71-52(68)43-18-15-26-64(58-43)53(73)69/h14,17,19-20,23,27,31,34-35,42-43,47,58H,1,13,15-16,18,24-26,28-30,32-33H2,2-11H3,(H,59,66)/t35-,42+,43-,47-/m0/s1. The first-order valence-electron chi connectivity index (χ1n) is 25.5. The quantitative estimate of drug-likeness (QED) is 0.0752. The lowest BCUT2D eigenvalue weighted by molar-refractivity contribution is -0.151. The van der Waals surface area contributed by atoms with E-state index in [1.165, 1.54) is 26.1 Å². The van der Waals surface area contributed by atoms with E-state index in [1.54, 1.807) is 20.4 Å². The van der Waals surface area contributed by atoms with Gasteiger partial charge in [0.1, 0.15) is 17.1 Å². The molecule has 0 aliphatic carbocycles. The monoisotopic (exact) mass is 1030 g/mol. The molecule has 3 saturated heterocycles. The summed E-state index contributed by atoms with van der Waals surface area (Å²) in [6, 6.07) is 8.79. The number of hydrogen-bond acceptors (Lipinski definition) is 12. The van der Waals surface area contributed by atoms with Crippen LogP contribution in [-0.4, -0.2) is 144 Å². The Hall–Kier alpha value is -5.93. The van der Waals surface area contributed by atoms with Crippen LogP contribution in [0.2, 0.25) is 0 Å². The molecule has 4 aromatic rings. The maximum Gasteiger partial charge on any atom is 0.324 e. The number of cyclic esters (lactones) is 1. The molecule has 73 heavy (non-hydrogen) atoms. The molecule has 1 aromatic carbocycles. The molecule has 0 spiro atoms. The van der Waals surface area contributed by atoms with Gasteiger partial charge in [-0.05, 0) is 101 Å². The van der Waals surface area contributed by atoms with Crippen molar-refractivity contribution in [2.75, 3.05) is 53.5 Å². The molecule has 6 bridgehead atoms. The summed E-state index contributed by atoms with van der Waals surface area (Å²) in [7, 11) is 0.720. The molecular weight excluding hydrogens is 959 g/mol. The fraction of sp³-hybridized carbons (Fsp3) is 0.527. The Kier molecular flexibility index (Phi) is 16.0. The average molecular weight is 1030 g/mol. The van der Waals surface area contributed by atoms with E-state index in [0.29, 0.717) is 43.6 Å². The van der Waals surface area contributed by atoms with Crippen molar-refractivity contribution in [3.8, 4) is 33.7 Å². The smallest absolute Gasteiger partial charge is 0.324 e. The van der Waals surface area contributed by atoms with Gasteiger partial charge in [0.2, 0.25) is 17.3 Å². The van der Waals surface area contributed by atoms with Crippen LogP contribution in [0.1, 0.15) is 97.7 Å². The molecular formula is C55H70N9O7SSi. The van der Waals surface area contributed by atoms with Crippen molar-refractivity contribution in [2.24, 2.45) is 17.3 Å². The van der Waals surface area contributed by atoms with Gasteiger partial charge in [0.15, 0.2) is 0 Å². The number of pyridine rings is 1. The first-order chi connectivity index (χ1) is 34.7. The third-order valence-electron chi connectivity index (χ3n) is 14.8. The predicted octanol–water partition coefficient (Wildman–Crippen LogP) is 6.68. The van der Waals surface area contributed by atoms with E-state index in [4.69, 9.17) is 19.4 Å². The Morgan fingerprint density at radius 3 is 2.59 bits per heavy atom. The number of amides is 4. The van der Waals surface area contributed by atoms with Crippen molar-refractivity contribution in [3.05, 3.63) is 76.7 Å².